The van der Waals surface area contributed by atoms with E-state index in [0.717, 1.165) is 25.7 Å². The van der Waals surface area contributed by atoms with Crippen LogP contribution in [-0.4, -0.2) is 31.2 Å². The molecule has 1 aliphatic rings. The molecule has 0 saturated heterocycles. The van der Waals surface area contributed by atoms with Gasteiger partial charge in [0.05, 0.1) is 5.54 Å². The average molecular weight is 200 g/mol. The lowest BCUT2D eigenvalue weighted by Crippen LogP contribution is -2.52. The van der Waals surface area contributed by atoms with Crippen LogP contribution in [0.4, 0.5) is 0 Å². The first-order valence-corrected chi connectivity index (χ1v) is 5.31. The highest BCUT2D eigenvalue weighted by molar-refractivity contribution is 5.78. The molecular formula is C10H20N2O2. The van der Waals surface area contributed by atoms with Gasteiger partial charge < -0.3 is 15.8 Å². The molecule has 0 bridgehead atoms. The summed E-state index contributed by atoms with van der Waals surface area (Å²) in [5.41, 5.74) is 5.55. The highest BCUT2D eigenvalue weighted by atomic mass is 16.5. The van der Waals surface area contributed by atoms with Gasteiger partial charge in [0.1, 0.15) is 6.61 Å². The van der Waals surface area contributed by atoms with E-state index in [9.17, 15) is 4.79 Å². The SMILES string of the molecule is CCOCC(=O)NC1(CN)CCCC1. The summed E-state index contributed by atoms with van der Waals surface area (Å²) >= 11 is 0. The Morgan fingerprint density at radius 2 is 2.14 bits per heavy atom. The van der Waals surface area contributed by atoms with Crippen molar-refractivity contribution in [1.29, 1.82) is 0 Å². The molecule has 1 amide bonds. The fourth-order valence-electron chi connectivity index (χ4n) is 1.96. The van der Waals surface area contributed by atoms with Crippen molar-refractivity contribution < 1.29 is 9.53 Å². The Hall–Kier alpha value is -0.610. The predicted octanol–water partition coefficient (Wildman–Crippen LogP) is 0.411. The molecule has 1 rings (SSSR count). The quantitative estimate of drug-likeness (QED) is 0.675. The minimum atomic E-state index is -0.145. The van der Waals surface area contributed by atoms with Crippen LogP contribution in [0.5, 0.6) is 0 Å². The molecule has 1 saturated carbocycles. The van der Waals surface area contributed by atoms with E-state index in [1.54, 1.807) is 0 Å². The van der Waals surface area contributed by atoms with Gasteiger partial charge >= 0.3 is 0 Å². The second kappa shape index (κ2) is 5.32. The maximum absolute atomic E-state index is 11.4. The average Bonchev–Trinajstić information content (AvgIpc) is 2.64. The van der Waals surface area contributed by atoms with Gasteiger partial charge in [-0.25, -0.2) is 0 Å². The monoisotopic (exact) mass is 200 g/mol. The van der Waals surface area contributed by atoms with Crippen LogP contribution in [0.3, 0.4) is 0 Å². The number of carbonyl (C=O) groups excluding carboxylic acids is 1. The number of carbonyl (C=O) groups is 1. The zero-order valence-corrected chi connectivity index (χ0v) is 8.84. The number of ether oxygens (including phenoxy) is 1. The van der Waals surface area contributed by atoms with E-state index in [1.165, 1.54) is 0 Å². The first-order valence-electron chi connectivity index (χ1n) is 5.31. The summed E-state index contributed by atoms with van der Waals surface area (Å²) in [7, 11) is 0. The summed E-state index contributed by atoms with van der Waals surface area (Å²) in [5.74, 6) is -0.0424. The molecule has 0 aromatic carbocycles. The molecule has 0 aromatic heterocycles. The van der Waals surface area contributed by atoms with Crippen LogP contribution in [0.2, 0.25) is 0 Å². The minimum Gasteiger partial charge on any atom is -0.372 e. The number of rotatable bonds is 5. The molecule has 0 aromatic rings. The van der Waals surface area contributed by atoms with Gasteiger partial charge in [-0.3, -0.25) is 4.79 Å². The molecule has 1 aliphatic carbocycles. The lowest BCUT2D eigenvalue weighted by atomic mass is 9.98. The fraction of sp³-hybridized carbons (Fsp3) is 0.900. The maximum Gasteiger partial charge on any atom is 0.246 e. The summed E-state index contributed by atoms with van der Waals surface area (Å²) in [6.07, 6.45) is 4.32. The van der Waals surface area contributed by atoms with E-state index >= 15 is 0 Å². The Morgan fingerprint density at radius 1 is 1.50 bits per heavy atom. The summed E-state index contributed by atoms with van der Waals surface area (Å²) < 4.78 is 5.04. The molecule has 0 spiro atoms. The number of amides is 1. The molecule has 0 heterocycles. The van der Waals surface area contributed by atoms with Gasteiger partial charge in [0.15, 0.2) is 0 Å². The van der Waals surface area contributed by atoms with Crippen LogP contribution < -0.4 is 11.1 Å². The van der Waals surface area contributed by atoms with Crippen LogP contribution in [0.1, 0.15) is 32.6 Å². The van der Waals surface area contributed by atoms with Crippen LogP contribution in [-0.2, 0) is 9.53 Å². The van der Waals surface area contributed by atoms with E-state index < -0.39 is 0 Å². The number of hydrogen-bond donors (Lipinski definition) is 2. The van der Waals surface area contributed by atoms with Gasteiger partial charge in [-0.05, 0) is 19.8 Å². The lowest BCUT2D eigenvalue weighted by Gasteiger charge is -2.28. The third kappa shape index (κ3) is 2.96. The Balaban J connectivity index is 2.36. The molecule has 0 radical (unpaired) electrons. The Bertz CT molecular complexity index is 189. The van der Waals surface area contributed by atoms with E-state index in [0.29, 0.717) is 13.2 Å². The van der Waals surface area contributed by atoms with Crippen LogP contribution in [0.15, 0.2) is 0 Å². The first kappa shape index (κ1) is 11.5. The molecule has 82 valence electrons. The normalized spacial score (nSPS) is 19.6. The van der Waals surface area contributed by atoms with Crippen molar-refractivity contribution in [3.05, 3.63) is 0 Å². The van der Waals surface area contributed by atoms with E-state index in [4.69, 9.17) is 10.5 Å². The van der Waals surface area contributed by atoms with Gasteiger partial charge in [0, 0.05) is 13.2 Å². The van der Waals surface area contributed by atoms with Crippen molar-refractivity contribution in [1.82, 2.24) is 5.32 Å². The third-order valence-corrected chi connectivity index (χ3v) is 2.79. The number of hydrogen-bond acceptors (Lipinski definition) is 3. The predicted molar refractivity (Wildman–Crippen MR) is 54.9 cm³/mol. The minimum absolute atomic E-state index is 0.0424. The third-order valence-electron chi connectivity index (χ3n) is 2.79. The van der Waals surface area contributed by atoms with E-state index in [2.05, 4.69) is 5.32 Å². The van der Waals surface area contributed by atoms with Crippen molar-refractivity contribution in [2.75, 3.05) is 19.8 Å². The van der Waals surface area contributed by atoms with E-state index in [-0.39, 0.29) is 18.1 Å². The van der Waals surface area contributed by atoms with Gasteiger partial charge in [0.2, 0.25) is 5.91 Å². The molecule has 14 heavy (non-hydrogen) atoms. The Morgan fingerprint density at radius 3 is 2.64 bits per heavy atom. The molecular weight excluding hydrogens is 180 g/mol. The van der Waals surface area contributed by atoms with Crippen molar-refractivity contribution in [3.8, 4) is 0 Å². The largest absolute Gasteiger partial charge is 0.372 e. The van der Waals surface area contributed by atoms with Gasteiger partial charge in [-0.1, -0.05) is 12.8 Å². The van der Waals surface area contributed by atoms with E-state index in [1.807, 2.05) is 6.92 Å². The molecule has 4 heteroatoms. The van der Waals surface area contributed by atoms with Gasteiger partial charge in [-0.2, -0.15) is 0 Å². The van der Waals surface area contributed by atoms with Gasteiger partial charge in [-0.15, -0.1) is 0 Å². The molecule has 1 fully saturated rings. The molecule has 0 atom stereocenters. The van der Waals surface area contributed by atoms with Crippen molar-refractivity contribution in [3.63, 3.8) is 0 Å². The topological polar surface area (TPSA) is 64.3 Å². The summed E-state index contributed by atoms with van der Waals surface area (Å²) in [4.78, 5) is 11.4. The standard InChI is InChI=1S/C10H20N2O2/c1-2-14-7-9(13)12-10(8-11)5-3-4-6-10/h2-8,11H2,1H3,(H,12,13). The lowest BCUT2D eigenvalue weighted by molar-refractivity contribution is -0.127. The van der Waals surface area contributed by atoms with Crippen LogP contribution in [0, 0.1) is 0 Å². The molecule has 4 nitrogen and oxygen atoms in total. The van der Waals surface area contributed by atoms with Crippen molar-refractivity contribution in [2.45, 2.75) is 38.1 Å². The molecule has 0 aliphatic heterocycles. The second-order valence-corrected chi connectivity index (χ2v) is 3.88. The first-order chi connectivity index (χ1) is 6.72. The van der Waals surface area contributed by atoms with Crippen LogP contribution in [0.25, 0.3) is 0 Å². The number of nitrogens with one attached hydrogen (secondary N) is 1. The molecule has 0 unspecified atom stereocenters. The highest BCUT2D eigenvalue weighted by Crippen LogP contribution is 2.28. The second-order valence-electron chi connectivity index (χ2n) is 3.88. The Kier molecular flexibility index (Phi) is 4.35. The zero-order valence-electron chi connectivity index (χ0n) is 8.84. The van der Waals surface area contributed by atoms with Gasteiger partial charge in [0.25, 0.3) is 0 Å². The zero-order chi connectivity index (χ0) is 10.4. The fourth-order valence-corrected chi connectivity index (χ4v) is 1.96. The summed E-state index contributed by atoms with van der Waals surface area (Å²) in [6, 6.07) is 0. The van der Waals surface area contributed by atoms with Crippen LogP contribution >= 0.6 is 0 Å². The maximum atomic E-state index is 11.4. The Labute approximate surface area is 85.2 Å². The summed E-state index contributed by atoms with van der Waals surface area (Å²) in [5, 5.41) is 2.99. The smallest absolute Gasteiger partial charge is 0.246 e. The summed E-state index contributed by atoms with van der Waals surface area (Å²) in [6.45, 7) is 3.13. The highest BCUT2D eigenvalue weighted by Gasteiger charge is 2.33. The number of nitrogens with two attached hydrogens (primary N) is 1. The van der Waals surface area contributed by atoms with Crippen molar-refractivity contribution >= 4 is 5.91 Å². The van der Waals surface area contributed by atoms with Crippen molar-refractivity contribution in [2.24, 2.45) is 5.73 Å². The molecule has 3 N–H and O–H groups in total.